The zero-order valence-corrected chi connectivity index (χ0v) is 13.8. The van der Waals surface area contributed by atoms with Crippen LogP contribution in [-0.2, 0) is 4.79 Å². The molecular weight excluding hydrogens is 248 g/mol. The topological polar surface area (TPSA) is 37.3 Å². The Morgan fingerprint density at radius 3 is 2.10 bits per heavy atom. The van der Waals surface area contributed by atoms with E-state index in [1.165, 1.54) is 64.2 Å². The van der Waals surface area contributed by atoms with Crippen molar-refractivity contribution < 1.29 is 9.90 Å². The number of carboxylic acid groups (broad SMARTS) is 1. The van der Waals surface area contributed by atoms with Crippen LogP contribution in [0.15, 0.2) is 11.6 Å². The van der Waals surface area contributed by atoms with Gasteiger partial charge in [-0.15, -0.1) is 0 Å². The van der Waals surface area contributed by atoms with Crippen LogP contribution < -0.4 is 0 Å². The fourth-order valence-electron chi connectivity index (χ4n) is 2.52. The third kappa shape index (κ3) is 11.1. The number of carboxylic acids is 1. The zero-order valence-electron chi connectivity index (χ0n) is 13.8. The van der Waals surface area contributed by atoms with Crippen LogP contribution in [-0.4, -0.2) is 11.1 Å². The predicted octanol–water partition coefficient (Wildman–Crippen LogP) is 5.96. The van der Waals surface area contributed by atoms with Crippen LogP contribution in [0.5, 0.6) is 0 Å². The standard InChI is InChI=1S/C18H34O2/c1-4-6-8-9-10-11-13-17(12-7-5-2)15-14-16(3)18(19)20/h14,17H,4-13,15H2,1-3H3,(H,19,20). The lowest BCUT2D eigenvalue weighted by Gasteiger charge is -2.15. The molecule has 20 heavy (non-hydrogen) atoms. The molecule has 0 rings (SSSR count). The van der Waals surface area contributed by atoms with Crippen LogP contribution in [0.3, 0.4) is 0 Å². The van der Waals surface area contributed by atoms with Gasteiger partial charge in [0, 0.05) is 5.57 Å². The minimum absolute atomic E-state index is 0.495. The van der Waals surface area contributed by atoms with E-state index < -0.39 is 5.97 Å². The lowest BCUT2D eigenvalue weighted by Crippen LogP contribution is -2.02. The van der Waals surface area contributed by atoms with Crippen LogP contribution in [0.4, 0.5) is 0 Å². The molecule has 0 aliphatic heterocycles. The maximum absolute atomic E-state index is 10.8. The largest absolute Gasteiger partial charge is 0.478 e. The maximum atomic E-state index is 10.8. The summed E-state index contributed by atoms with van der Waals surface area (Å²) in [6, 6.07) is 0. The number of allylic oxidation sites excluding steroid dienone is 1. The summed E-state index contributed by atoms with van der Waals surface area (Å²) < 4.78 is 0. The fourth-order valence-corrected chi connectivity index (χ4v) is 2.52. The lowest BCUT2D eigenvalue weighted by molar-refractivity contribution is -0.132. The number of carbonyl (C=O) groups is 1. The Morgan fingerprint density at radius 1 is 0.950 bits per heavy atom. The number of aliphatic carboxylic acids is 1. The van der Waals surface area contributed by atoms with E-state index in [1.807, 2.05) is 6.08 Å². The smallest absolute Gasteiger partial charge is 0.330 e. The molecule has 0 aliphatic rings. The SMILES string of the molecule is CCCCCCCCC(CC=C(C)C(=O)O)CCCC. The average molecular weight is 282 g/mol. The van der Waals surface area contributed by atoms with Crippen LogP contribution in [0.1, 0.15) is 91.4 Å². The van der Waals surface area contributed by atoms with Gasteiger partial charge in [0.15, 0.2) is 0 Å². The molecule has 0 saturated heterocycles. The molecule has 1 N–H and O–H groups in total. The van der Waals surface area contributed by atoms with E-state index >= 15 is 0 Å². The zero-order chi connectivity index (χ0) is 15.2. The monoisotopic (exact) mass is 282 g/mol. The molecule has 2 heteroatoms. The summed E-state index contributed by atoms with van der Waals surface area (Å²) in [5.41, 5.74) is 0.495. The molecule has 1 atom stereocenters. The van der Waals surface area contributed by atoms with Crippen LogP contribution in [0.25, 0.3) is 0 Å². The van der Waals surface area contributed by atoms with Crippen molar-refractivity contribution in [1.29, 1.82) is 0 Å². The van der Waals surface area contributed by atoms with Crippen LogP contribution in [0.2, 0.25) is 0 Å². The molecule has 0 aromatic rings. The summed E-state index contributed by atoms with van der Waals surface area (Å²) in [6.07, 6.45) is 15.9. The van der Waals surface area contributed by atoms with Gasteiger partial charge in [0.05, 0.1) is 0 Å². The first kappa shape index (κ1) is 19.2. The van der Waals surface area contributed by atoms with Crippen molar-refractivity contribution in [3.05, 3.63) is 11.6 Å². The Kier molecular flexibility index (Phi) is 12.7. The van der Waals surface area contributed by atoms with Gasteiger partial charge in [0.2, 0.25) is 0 Å². The first-order valence-electron chi connectivity index (χ1n) is 8.51. The summed E-state index contributed by atoms with van der Waals surface area (Å²) in [4.78, 5) is 10.8. The third-order valence-corrected chi connectivity index (χ3v) is 4.03. The quantitative estimate of drug-likeness (QED) is 0.334. The second kappa shape index (κ2) is 13.2. The number of hydrogen-bond acceptors (Lipinski definition) is 1. The Labute approximate surface area is 125 Å². The van der Waals surface area contributed by atoms with E-state index in [-0.39, 0.29) is 0 Å². The Hall–Kier alpha value is -0.790. The Bertz CT molecular complexity index is 269. The first-order valence-corrected chi connectivity index (χ1v) is 8.51. The van der Waals surface area contributed by atoms with Gasteiger partial charge >= 0.3 is 5.97 Å². The lowest BCUT2D eigenvalue weighted by atomic mass is 9.91. The molecule has 0 spiro atoms. The first-order chi connectivity index (χ1) is 9.61. The van der Waals surface area contributed by atoms with E-state index in [4.69, 9.17) is 5.11 Å². The van der Waals surface area contributed by atoms with Crippen molar-refractivity contribution in [1.82, 2.24) is 0 Å². The summed E-state index contributed by atoms with van der Waals surface area (Å²) in [5.74, 6) is -0.103. The summed E-state index contributed by atoms with van der Waals surface area (Å²) in [6.45, 7) is 6.17. The molecule has 1 unspecified atom stereocenters. The van der Waals surface area contributed by atoms with Gasteiger partial charge in [0.1, 0.15) is 0 Å². The van der Waals surface area contributed by atoms with Gasteiger partial charge in [0.25, 0.3) is 0 Å². The molecule has 0 bridgehead atoms. The molecule has 0 aliphatic carbocycles. The normalized spacial score (nSPS) is 13.4. The maximum Gasteiger partial charge on any atom is 0.330 e. The van der Waals surface area contributed by atoms with Gasteiger partial charge < -0.3 is 5.11 Å². The summed E-state index contributed by atoms with van der Waals surface area (Å²) in [7, 11) is 0. The molecule has 0 radical (unpaired) electrons. The third-order valence-electron chi connectivity index (χ3n) is 4.03. The molecule has 0 amide bonds. The molecular formula is C18H34O2. The van der Waals surface area contributed by atoms with E-state index in [0.29, 0.717) is 11.5 Å². The molecule has 0 heterocycles. The van der Waals surface area contributed by atoms with Gasteiger partial charge in [-0.25, -0.2) is 4.79 Å². The molecule has 0 saturated carbocycles. The summed E-state index contributed by atoms with van der Waals surface area (Å²) >= 11 is 0. The van der Waals surface area contributed by atoms with Crippen molar-refractivity contribution in [2.24, 2.45) is 5.92 Å². The fraction of sp³-hybridized carbons (Fsp3) is 0.833. The molecule has 2 nitrogen and oxygen atoms in total. The van der Waals surface area contributed by atoms with Crippen molar-refractivity contribution in [2.45, 2.75) is 91.4 Å². The molecule has 0 fully saturated rings. The molecule has 0 aromatic carbocycles. The van der Waals surface area contributed by atoms with Crippen LogP contribution >= 0.6 is 0 Å². The van der Waals surface area contributed by atoms with Gasteiger partial charge in [-0.1, -0.05) is 84.1 Å². The van der Waals surface area contributed by atoms with Crippen molar-refractivity contribution in [2.75, 3.05) is 0 Å². The Balaban J connectivity index is 3.95. The minimum atomic E-state index is -0.779. The van der Waals surface area contributed by atoms with Gasteiger partial charge in [-0.3, -0.25) is 0 Å². The number of hydrogen-bond donors (Lipinski definition) is 1. The highest BCUT2D eigenvalue weighted by molar-refractivity contribution is 5.85. The predicted molar refractivity (Wildman–Crippen MR) is 87.0 cm³/mol. The van der Waals surface area contributed by atoms with E-state index in [0.717, 1.165) is 6.42 Å². The minimum Gasteiger partial charge on any atom is -0.478 e. The number of rotatable bonds is 13. The van der Waals surface area contributed by atoms with E-state index in [1.54, 1.807) is 6.92 Å². The average Bonchev–Trinajstić information content (AvgIpc) is 2.44. The van der Waals surface area contributed by atoms with E-state index in [9.17, 15) is 4.79 Å². The highest BCUT2D eigenvalue weighted by Crippen LogP contribution is 2.22. The van der Waals surface area contributed by atoms with Crippen LogP contribution in [0, 0.1) is 5.92 Å². The van der Waals surface area contributed by atoms with E-state index in [2.05, 4.69) is 13.8 Å². The highest BCUT2D eigenvalue weighted by atomic mass is 16.4. The second-order valence-corrected chi connectivity index (χ2v) is 5.99. The number of unbranched alkanes of at least 4 members (excludes halogenated alkanes) is 6. The highest BCUT2D eigenvalue weighted by Gasteiger charge is 2.08. The summed E-state index contributed by atoms with van der Waals surface area (Å²) in [5, 5.41) is 8.90. The van der Waals surface area contributed by atoms with Gasteiger partial charge in [-0.2, -0.15) is 0 Å². The van der Waals surface area contributed by atoms with Crippen molar-refractivity contribution in [3.8, 4) is 0 Å². The van der Waals surface area contributed by atoms with Crippen molar-refractivity contribution in [3.63, 3.8) is 0 Å². The van der Waals surface area contributed by atoms with Crippen molar-refractivity contribution >= 4 is 5.97 Å². The van der Waals surface area contributed by atoms with Gasteiger partial charge in [-0.05, 0) is 19.3 Å². The molecule has 0 aromatic heterocycles. The Morgan fingerprint density at radius 2 is 1.50 bits per heavy atom. The molecule has 118 valence electrons. The second-order valence-electron chi connectivity index (χ2n) is 5.99.